The second kappa shape index (κ2) is 8.85. The molecule has 0 saturated carbocycles. The van der Waals surface area contributed by atoms with E-state index >= 15 is 0 Å². The third-order valence-electron chi connectivity index (χ3n) is 3.73. The van der Waals surface area contributed by atoms with E-state index in [0.29, 0.717) is 16.4 Å². The topological polar surface area (TPSA) is 101 Å². The maximum absolute atomic E-state index is 12.4. The second-order valence-corrected chi connectivity index (χ2v) is 8.15. The van der Waals surface area contributed by atoms with Gasteiger partial charge >= 0.3 is 0 Å². The van der Waals surface area contributed by atoms with E-state index in [1.165, 1.54) is 36.5 Å². The molecule has 0 spiro atoms. The molecule has 0 aliphatic heterocycles. The summed E-state index contributed by atoms with van der Waals surface area (Å²) in [4.78, 5) is 20.0. The van der Waals surface area contributed by atoms with Crippen molar-refractivity contribution in [2.75, 3.05) is 10.0 Å². The lowest BCUT2D eigenvalue weighted by molar-refractivity contribution is -0.111. The summed E-state index contributed by atoms with van der Waals surface area (Å²) >= 11 is 5.90. The van der Waals surface area contributed by atoms with Gasteiger partial charge in [-0.2, -0.15) is 0 Å². The molecule has 3 aromatic rings. The number of hydrogen-bond acceptors (Lipinski definition) is 5. The van der Waals surface area contributed by atoms with Gasteiger partial charge in [-0.1, -0.05) is 23.7 Å². The molecule has 2 aromatic carbocycles. The minimum absolute atomic E-state index is 0.00599. The van der Waals surface area contributed by atoms with Crippen LogP contribution in [0.15, 0.2) is 71.8 Å². The van der Waals surface area contributed by atoms with Crippen LogP contribution in [0.25, 0.3) is 6.08 Å². The molecule has 0 fully saturated rings. The summed E-state index contributed by atoms with van der Waals surface area (Å²) in [7, 11) is -3.84. The predicted molar refractivity (Wildman–Crippen MR) is 113 cm³/mol. The molecule has 1 heterocycles. The van der Waals surface area contributed by atoms with Gasteiger partial charge in [0.15, 0.2) is 0 Å². The van der Waals surface area contributed by atoms with Crippen molar-refractivity contribution in [2.45, 2.75) is 11.8 Å². The Balaban J connectivity index is 1.65. The van der Waals surface area contributed by atoms with Gasteiger partial charge in [0.2, 0.25) is 11.9 Å². The molecule has 2 N–H and O–H groups in total. The lowest BCUT2D eigenvalue weighted by atomic mass is 10.2. The van der Waals surface area contributed by atoms with Gasteiger partial charge in [0.05, 0.1) is 4.90 Å². The van der Waals surface area contributed by atoms with Gasteiger partial charge in [-0.3, -0.25) is 4.79 Å². The third kappa shape index (κ3) is 5.87. The number of anilines is 2. The van der Waals surface area contributed by atoms with E-state index in [0.717, 1.165) is 5.56 Å². The highest BCUT2D eigenvalue weighted by Gasteiger charge is 2.15. The first-order chi connectivity index (χ1) is 13.8. The van der Waals surface area contributed by atoms with Crippen LogP contribution in [0.4, 0.5) is 11.6 Å². The Morgan fingerprint density at radius 3 is 2.55 bits per heavy atom. The zero-order valence-electron chi connectivity index (χ0n) is 15.3. The van der Waals surface area contributed by atoms with Gasteiger partial charge in [0.25, 0.3) is 10.0 Å². The molecule has 0 saturated heterocycles. The summed E-state index contributed by atoms with van der Waals surface area (Å²) in [6.07, 6.45) is 4.47. The van der Waals surface area contributed by atoms with Gasteiger partial charge < -0.3 is 5.32 Å². The van der Waals surface area contributed by atoms with Gasteiger partial charge in [0.1, 0.15) is 0 Å². The molecule has 1 aromatic heterocycles. The standard InChI is InChI=1S/C20H17ClN4O3S/c1-14-11-12-22-20(23-14)25-29(27,28)18-8-6-17(7-9-18)24-19(26)10-5-15-3-2-4-16(21)13-15/h2-13H,1H3,(H,24,26)(H,22,23,25)/b10-5+. The van der Waals surface area contributed by atoms with Gasteiger partial charge in [-0.25, -0.2) is 23.1 Å². The average molecular weight is 429 g/mol. The number of hydrogen-bond donors (Lipinski definition) is 2. The normalized spacial score (nSPS) is 11.4. The van der Waals surface area contributed by atoms with E-state index in [9.17, 15) is 13.2 Å². The molecule has 0 unspecified atom stereocenters. The first-order valence-corrected chi connectivity index (χ1v) is 10.4. The van der Waals surface area contributed by atoms with Crippen LogP contribution in [-0.4, -0.2) is 24.3 Å². The smallest absolute Gasteiger partial charge is 0.264 e. The number of nitrogens with one attached hydrogen (secondary N) is 2. The summed E-state index contributed by atoms with van der Waals surface area (Å²) in [6, 6.07) is 14.5. The molecule has 0 bridgehead atoms. The molecule has 7 nitrogen and oxygen atoms in total. The molecule has 0 atom stereocenters. The van der Waals surface area contributed by atoms with Gasteiger partial charge in [-0.15, -0.1) is 0 Å². The minimum Gasteiger partial charge on any atom is -0.323 e. The SMILES string of the molecule is Cc1ccnc(NS(=O)(=O)c2ccc(NC(=O)/C=C/c3cccc(Cl)c3)cc2)n1. The number of carbonyl (C=O) groups excluding carboxylic acids is 1. The summed E-state index contributed by atoms with van der Waals surface area (Å²) in [5.41, 5.74) is 1.89. The van der Waals surface area contributed by atoms with Crippen molar-refractivity contribution in [1.29, 1.82) is 0 Å². The molecule has 3 rings (SSSR count). The number of carbonyl (C=O) groups is 1. The van der Waals surface area contributed by atoms with Crippen LogP contribution in [0.1, 0.15) is 11.3 Å². The third-order valence-corrected chi connectivity index (χ3v) is 5.31. The molecule has 0 aliphatic carbocycles. The number of aryl methyl sites for hydroxylation is 1. The van der Waals surface area contributed by atoms with Crippen LogP contribution in [0.2, 0.25) is 5.02 Å². The maximum atomic E-state index is 12.4. The number of benzene rings is 2. The summed E-state index contributed by atoms with van der Waals surface area (Å²) in [6.45, 7) is 1.73. The summed E-state index contributed by atoms with van der Waals surface area (Å²) in [5, 5.41) is 3.24. The monoisotopic (exact) mass is 428 g/mol. The van der Waals surface area contributed by atoms with Crippen LogP contribution < -0.4 is 10.0 Å². The number of aromatic nitrogens is 2. The van der Waals surface area contributed by atoms with Crippen molar-refractivity contribution in [3.8, 4) is 0 Å². The minimum atomic E-state index is -3.84. The molecular weight excluding hydrogens is 412 g/mol. The van der Waals surface area contributed by atoms with E-state index in [-0.39, 0.29) is 16.8 Å². The number of sulfonamides is 1. The van der Waals surface area contributed by atoms with Crippen LogP contribution in [0.3, 0.4) is 0 Å². The van der Waals surface area contributed by atoms with Crippen molar-refractivity contribution in [1.82, 2.24) is 9.97 Å². The van der Waals surface area contributed by atoms with E-state index in [1.54, 1.807) is 37.3 Å². The lowest BCUT2D eigenvalue weighted by Gasteiger charge is -2.08. The second-order valence-electron chi connectivity index (χ2n) is 6.03. The molecule has 0 radical (unpaired) electrons. The van der Waals surface area contributed by atoms with Crippen LogP contribution in [0.5, 0.6) is 0 Å². The van der Waals surface area contributed by atoms with Crippen molar-refractivity contribution in [2.24, 2.45) is 0 Å². The lowest BCUT2D eigenvalue weighted by Crippen LogP contribution is -2.15. The Kier molecular flexibility index (Phi) is 6.26. The van der Waals surface area contributed by atoms with Crippen molar-refractivity contribution < 1.29 is 13.2 Å². The Bertz CT molecular complexity index is 1160. The highest BCUT2D eigenvalue weighted by atomic mass is 35.5. The van der Waals surface area contributed by atoms with E-state index < -0.39 is 10.0 Å². The highest BCUT2D eigenvalue weighted by molar-refractivity contribution is 7.92. The van der Waals surface area contributed by atoms with Gasteiger partial charge in [-0.05, 0) is 61.0 Å². The fourth-order valence-electron chi connectivity index (χ4n) is 2.36. The summed E-state index contributed by atoms with van der Waals surface area (Å²) in [5.74, 6) is -0.361. The maximum Gasteiger partial charge on any atom is 0.264 e. The molecule has 29 heavy (non-hydrogen) atoms. The Labute approximate surface area is 173 Å². The average Bonchev–Trinajstić information content (AvgIpc) is 2.67. The number of nitrogens with zero attached hydrogens (tertiary/aromatic N) is 2. The molecule has 0 aliphatic rings. The molecule has 148 valence electrons. The number of halogens is 1. The van der Waals surface area contributed by atoms with Crippen LogP contribution in [-0.2, 0) is 14.8 Å². The van der Waals surface area contributed by atoms with Crippen molar-refractivity contribution >= 4 is 45.2 Å². The largest absolute Gasteiger partial charge is 0.323 e. The van der Waals surface area contributed by atoms with Crippen LogP contribution >= 0.6 is 11.6 Å². The molecule has 9 heteroatoms. The zero-order valence-corrected chi connectivity index (χ0v) is 16.9. The number of amides is 1. The fraction of sp³-hybridized carbons (Fsp3) is 0.0500. The number of rotatable bonds is 6. The van der Waals surface area contributed by atoms with E-state index in [1.807, 2.05) is 6.07 Å². The quantitative estimate of drug-likeness (QED) is 0.580. The Morgan fingerprint density at radius 1 is 1.10 bits per heavy atom. The Morgan fingerprint density at radius 2 is 1.86 bits per heavy atom. The fourth-order valence-corrected chi connectivity index (χ4v) is 3.51. The van der Waals surface area contributed by atoms with E-state index in [4.69, 9.17) is 11.6 Å². The predicted octanol–water partition coefficient (Wildman–Crippen LogP) is 3.89. The van der Waals surface area contributed by atoms with Crippen LogP contribution in [0, 0.1) is 6.92 Å². The summed E-state index contributed by atoms with van der Waals surface area (Å²) < 4.78 is 27.2. The molecular formula is C20H17ClN4O3S. The Hall–Kier alpha value is -3.23. The first-order valence-electron chi connectivity index (χ1n) is 8.49. The van der Waals surface area contributed by atoms with Crippen molar-refractivity contribution in [3.63, 3.8) is 0 Å². The highest BCUT2D eigenvalue weighted by Crippen LogP contribution is 2.17. The molecule has 1 amide bonds. The van der Waals surface area contributed by atoms with Gasteiger partial charge in [0, 0.05) is 28.7 Å². The van der Waals surface area contributed by atoms with E-state index in [2.05, 4.69) is 20.0 Å². The first kappa shape index (κ1) is 20.5. The van der Waals surface area contributed by atoms with Crippen molar-refractivity contribution in [3.05, 3.63) is 83.2 Å². The zero-order chi connectivity index (χ0) is 20.9.